The highest BCUT2D eigenvalue weighted by molar-refractivity contribution is 4.94. The van der Waals surface area contributed by atoms with E-state index >= 15 is 0 Å². The Morgan fingerprint density at radius 1 is 1.08 bits per heavy atom. The van der Waals surface area contributed by atoms with E-state index in [1.54, 1.807) is 0 Å². The third-order valence-corrected chi connectivity index (χ3v) is 4.02. The minimum absolute atomic E-state index is 0.00472. The molecule has 4 atom stereocenters. The van der Waals surface area contributed by atoms with E-state index in [0.29, 0.717) is 17.9 Å². The maximum absolute atomic E-state index is 10.1. The molecular formula is C11H21NO. The minimum Gasteiger partial charge on any atom is -0.392 e. The molecular weight excluding hydrogens is 162 g/mol. The van der Waals surface area contributed by atoms with Crippen LogP contribution in [0.5, 0.6) is 0 Å². The highest BCUT2D eigenvalue weighted by Crippen LogP contribution is 2.41. The molecule has 76 valence electrons. The lowest BCUT2D eigenvalue weighted by Gasteiger charge is -2.46. The van der Waals surface area contributed by atoms with Gasteiger partial charge in [-0.3, -0.25) is 0 Å². The van der Waals surface area contributed by atoms with E-state index in [4.69, 9.17) is 0 Å². The predicted molar refractivity (Wildman–Crippen MR) is 53.5 cm³/mol. The van der Waals surface area contributed by atoms with Crippen LogP contribution in [0.1, 0.15) is 32.1 Å². The van der Waals surface area contributed by atoms with E-state index in [1.165, 1.54) is 32.1 Å². The van der Waals surface area contributed by atoms with E-state index < -0.39 is 0 Å². The largest absolute Gasteiger partial charge is 0.392 e. The van der Waals surface area contributed by atoms with Gasteiger partial charge < -0.3 is 10.0 Å². The molecule has 2 bridgehead atoms. The average molecular weight is 183 g/mol. The molecule has 2 fully saturated rings. The van der Waals surface area contributed by atoms with Crippen LogP contribution in [0.3, 0.4) is 0 Å². The molecule has 0 heterocycles. The molecule has 1 N–H and O–H groups in total. The summed E-state index contributed by atoms with van der Waals surface area (Å²) in [5, 5.41) is 10.1. The number of aliphatic hydroxyl groups is 1. The van der Waals surface area contributed by atoms with Gasteiger partial charge in [0.2, 0.25) is 0 Å². The van der Waals surface area contributed by atoms with Gasteiger partial charge in [0.1, 0.15) is 0 Å². The van der Waals surface area contributed by atoms with E-state index in [-0.39, 0.29) is 6.10 Å². The van der Waals surface area contributed by atoms with Gasteiger partial charge >= 0.3 is 0 Å². The smallest absolute Gasteiger partial charge is 0.0611 e. The summed E-state index contributed by atoms with van der Waals surface area (Å²) < 4.78 is 0. The van der Waals surface area contributed by atoms with Crippen LogP contribution < -0.4 is 0 Å². The van der Waals surface area contributed by atoms with Gasteiger partial charge in [0.25, 0.3) is 0 Å². The van der Waals surface area contributed by atoms with E-state index in [2.05, 4.69) is 19.0 Å². The van der Waals surface area contributed by atoms with Gasteiger partial charge in [0.15, 0.2) is 0 Å². The maximum atomic E-state index is 10.1. The van der Waals surface area contributed by atoms with Crippen LogP contribution >= 0.6 is 0 Å². The first-order valence-electron chi connectivity index (χ1n) is 5.54. The highest BCUT2D eigenvalue weighted by atomic mass is 16.3. The van der Waals surface area contributed by atoms with Gasteiger partial charge in [-0.05, 0) is 45.7 Å². The molecule has 0 amide bonds. The first kappa shape index (κ1) is 9.47. The summed E-state index contributed by atoms with van der Waals surface area (Å²) in [7, 11) is 4.29. The average Bonchev–Trinajstić information content (AvgIpc) is 2.02. The van der Waals surface area contributed by atoms with Crippen molar-refractivity contribution in [1.29, 1.82) is 0 Å². The molecule has 13 heavy (non-hydrogen) atoms. The van der Waals surface area contributed by atoms with Crippen molar-refractivity contribution in [3.63, 3.8) is 0 Å². The summed E-state index contributed by atoms with van der Waals surface area (Å²) in [6.45, 7) is 0. The van der Waals surface area contributed by atoms with Crippen LogP contribution in [0.15, 0.2) is 0 Å². The molecule has 4 unspecified atom stereocenters. The predicted octanol–water partition coefficient (Wildman–Crippen LogP) is 1.49. The second kappa shape index (κ2) is 3.58. The molecule has 2 nitrogen and oxygen atoms in total. The second-order valence-corrected chi connectivity index (χ2v) is 4.95. The zero-order valence-corrected chi connectivity index (χ0v) is 8.74. The number of hydrogen-bond donors (Lipinski definition) is 1. The number of hydrogen-bond acceptors (Lipinski definition) is 2. The van der Waals surface area contributed by atoms with E-state index in [0.717, 1.165) is 0 Å². The third kappa shape index (κ3) is 1.62. The second-order valence-electron chi connectivity index (χ2n) is 4.95. The first-order chi connectivity index (χ1) is 6.20. The summed E-state index contributed by atoms with van der Waals surface area (Å²) >= 11 is 0. The fourth-order valence-electron chi connectivity index (χ4n) is 3.28. The number of nitrogens with zero attached hydrogens (tertiary/aromatic N) is 1. The Morgan fingerprint density at radius 2 is 1.85 bits per heavy atom. The topological polar surface area (TPSA) is 23.5 Å². The monoisotopic (exact) mass is 183 g/mol. The van der Waals surface area contributed by atoms with Crippen molar-refractivity contribution < 1.29 is 5.11 Å². The Labute approximate surface area is 80.9 Å². The Morgan fingerprint density at radius 3 is 2.54 bits per heavy atom. The van der Waals surface area contributed by atoms with Crippen molar-refractivity contribution in [2.45, 2.75) is 44.2 Å². The molecule has 2 aliphatic carbocycles. The van der Waals surface area contributed by atoms with Crippen molar-refractivity contribution in [1.82, 2.24) is 4.90 Å². The van der Waals surface area contributed by atoms with Crippen LogP contribution in [-0.4, -0.2) is 36.2 Å². The summed E-state index contributed by atoms with van der Waals surface area (Å²) in [5.41, 5.74) is 0. The van der Waals surface area contributed by atoms with E-state index in [1.807, 2.05) is 0 Å². The third-order valence-electron chi connectivity index (χ3n) is 4.02. The Bertz CT molecular complexity index is 181. The van der Waals surface area contributed by atoms with Crippen molar-refractivity contribution >= 4 is 0 Å². The molecule has 0 aromatic rings. The number of fused-ring (bicyclic) bond motifs is 2. The first-order valence-corrected chi connectivity index (χ1v) is 5.54. The van der Waals surface area contributed by atoms with Crippen molar-refractivity contribution in [2.24, 2.45) is 11.8 Å². The van der Waals surface area contributed by atoms with Gasteiger partial charge in [-0.15, -0.1) is 0 Å². The molecule has 0 saturated heterocycles. The van der Waals surface area contributed by atoms with Crippen LogP contribution in [-0.2, 0) is 0 Å². The Kier molecular flexibility index (Phi) is 2.61. The fourth-order valence-corrected chi connectivity index (χ4v) is 3.28. The van der Waals surface area contributed by atoms with Gasteiger partial charge in [-0.25, -0.2) is 0 Å². The van der Waals surface area contributed by atoms with Gasteiger partial charge in [-0.2, -0.15) is 0 Å². The summed E-state index contributed by atoms with van der Waals surface area (Å²) in [6.07, 6.45) is 6.35. The fraction of sp³-hybridized carbons (Fsp3) is 1.00. The molecule has 2 saturated carbocycles. The SMILES string of the molecule is CN(C)C1CCC2CCCC1C2O. The molecule has 0 aliphatic heterocycles. The van der Waals surface area contributed by atoms with Crippen LogP contribution in [0.4, 0.5) is 0 Å². The lowest BCUT2D eigenvalue weighted by atomic mass is 9.67. The lowest BCUT2D eigenvalue weighted by molar-refractivity contribution is -0.0528. The van der Waals surface area contributed by atoms with E-state index in [9.17, 15) is 5.11 Å². The van der Waals surface area contributed by atoms with Crippen molar-refractivity contribution in [2.75, 3.05) is 14.1 Å². The van der Waals surface area contributed by atoms with Crippen molar-refractivity contribution in [3.8, 4) is 0 Å². The molecule has 0 spiro atoms. The molecule has 0 aromatic carbocycles. The molecule has 2 heteroatoms. The maximum Gasteiger partial charge on any atom is 0.0611 e. The standard InChI is InChI=1S/C11H21NO/c1-12(2)10-7-6-8-4-3-5-9(10)11(8)13/h8-11,13H,3-7H2,1-2H3. The highest BCUT2D eigenvalue weighted by Gasteiger charge is 2.41. The van der Waals surface area contributed by atoms with Gasteiger partial charge in [0, 0.05) is 12.0 Å². The molecule has 0 radical (unpaired) electrons. The van der Waals surface area contributed by atoms with Gasteiger partial charge in [-0.1, -0.05) is 6.42 Å². The molecule has 0 aromatic heterocycles. The normalized spacial score (nSPS) is 45.2. The number of rotatable bonds is 1. The minimum atomic E-state index is -0.00472. The van der Waals surface area contributed by atoms with Gasteiger partial charge in [0.05, 0.1) is 6.10 Å². The van der Waals surface area contributed by atoms with Crippen molar-refractivity contribution in [3.05, 3.63) is 0 Å². The van der Waals surface area contributed by atoms with Crippen LogP contribution in [0.2, 0.25) is 0 Å². The molecule has 2 aliphatic rings. The molecule has 2 rings (SSSR count). The summed E-state index contributed by atoms with van der Waals surface area (Å²) in [5.74, 6) is 1.18. The quantitative estimate of drug-likeness (QED) is 0.665. The zero-order chi connectivity index (χ0) is 9.42. The summed E-state index contributed by atoms with van der Waals surface area (Å²) in [4.78, 5) is 2.30. The zero-order valence-electron chi connectivity index (χ0n) is 8.74. The summed E-state index contributed by atoms with van der Waals surface area (Å²) in [6, 6.07) is 0.631. The van der Waals surface area contributed by atoms with Crippen LogP contribution in [0.25, 0.3) is 0 Å². The number of aliphatic hydroxyl groups excluding tert-OH is 1. The lowest BCUT2D eigenvalue weighted by Crippen LogP contribution is -2.50. The Hall–Kier alpha value is -0.0800. The van der Waals surface area contributed by atoms with Crippen LogP contribution in [0, 0.1) is 11.8 Å². The Balaban J connectivity index is 2.09.